The maximum absolute atomic E-state index is 12.1. The number of amides is 2. The average molecular weight is 452 g/mol. The summed E-state index contributed by atoms with van der Waals surface area (Å²) in [6.45, 7) is 0.359. The van der Waals surface area contributed by atoms with Crippen molar-refractivity contribution in [1.82, 2.24) is 5.43 Å². The van der Waals surface area contributed by atoms with Gasteiger partial charge in [0, 0.05) is 10.6 Å². The quantitative estimate of drug-likeness (QED) is 0.286. The Balaban J connectivity index is 1.52. The van der Waals surface area contributed by atoms with Gasteiger partial charge in [0.2, 0.25) is 11.8 Å². The first-order chi connectivity index (χ1) is 15.5. The van der Waals surface area contributed by atoms with Crippen LogP contribution in [0.2, 0.25) is 5.02 Å². The van der Waals surface area contributed by atoms with Crippen molar-refractivity contribution in [2.75, 3.05) is 12.4 Å². The van der Waals surface area contributed by atoms with Crippen molar-refractivity contribution in [2.45, 2.75) is 13.0 Å². The van der Waals surface area contributed by atoms with Gasteiger partial charge in [0.25, 0.3) is 0 Å². The van der Waals surface area contributed by atoms with E-state index in [9.17, 15) is 9.59 Å². The molecule has 0 saturated carbocycles. The van der Waals surface area contributed by atoms with E-state index in [1.165, 1.54) is 13.3 Å². The molecular weight excluding hydrogens is 430 g/mol. The summed E-state index contributed by atoms with van der Waals surface area (Å²) in [6.07, 6.45) is 1.08. The average Bonchev–Trinajstić information content (AvgIpc) is 2.79. The molecule has 3 aromatic carbocycles. The molecule has 0 aliphatic heterocycles. The fourth-order valence-corrected chi connectivity index (χ4v) is 2.89. The van der Waals surface area contributed by atoms with E-state index in [1.54, 1.807) is 48.5 Å². The summed E-state index contributed by atoms with van der Waals surface area (Å²) in [4.78, 5) is 24.2. The van der Waals surface area contributed by atoms with E-state index in [2.05, 4.69) is 15.8 Å². The van der Waals surface area contributed by atoms with E-state index < -0.39 is 11.8 Å². The lowest BCUT2D eigenvalue weighted by atomic mass is 10.2. The first kappa shape index (κ1) is 22.8. The Morgan fingerprint density at radius 1 is 0.938 bits per heavy atom. The van der Waals surface area contributed by atoms with Crippen molar-refractivity contribution >= 4 is 35.3 Å². The highest BCUT2D eigenvalue weighted by Crippen LogP contribution is 2.23. The van der Waals surface area contributed by atoms with Gasteiger partial charge in [-0.3, -0.25) is 9.59 Å². The summed E-state index contributed by atoms with van der Waals surface area (Å²) in [5.41, 5.74) is 4.49. The minimum Gasteiger partial charge on any atom is -0.495 e. The lowest BCUT2D eigenvalue weighted by Crippen LogP contribution is -2.24. The van der Waals surface area contributed by atoms with Gasteiger partial charge in [-0.2, -0.15) is 5.10 Å². The number of ether oxygens (including phenoxy) is 2. The Bertz CT molecular complexity index is 1100. The van der Waals surface area contributed by atoms with Crippen LogP contribution < -0.4 is 20.2 Å². The molecule has 0 radical (unpaired) electrons. The highest BCUT2D eigenvalue weighted by molar-refractivity contribution is 6.30. The lowest BCUT2D eigenvalue weighted by Gasteiger charge is -2.09. The van der Waals surface area contributed by atoms with Gasteiger partial charge in [-0.25, -0.2) is 5.43 Å². The predicted molar refractivity (Wildman–Crippen MR) is 124 cm³/mol. The Hall–Kier alpha value is -3.84. The van der Waals surface area contributed by atoms with E-state index in [0.29, 0.717) is 34.4 Å². The molecule has 0 saturated heterocycles. The van der Waals surface area contributed by atoms with Gasteiger partial charge < -0.3 is 14.8 Å². The molecule has 32 heavy (non-hydrogen) atoms. The van der Waals surface area contributed by atoms with E-state index in [4.69, 9.17) is 21.1 Å². The minimum absolute atomic E-state index is 0.359. The number of nitrogens with zero attached hydrogens (tertiary/aromatic N) is 1. The van der Waals surface area contributed by atoms with Crippen molar-refractivity contribution in [3.05, 3.63) is 88.9 Å². The third kappa shape index (κ3) is 6.85. The highest BCUT2D eigenvalue weighted by Gasteiger charge is 2.11. The molecule has 7 nitrogen and oxygen atoms in total. The molecule has 8 heteroatoms. The van der Waals surface area contributed by atoms with E-state index in [1.807, 2.05) is 24.3 Å². The lowest BCUT2D eigenvalue weighted by molar-refractivity contribution is -0.126. The van der Waals surface area contributed by atoms with Crippen molar-refractivity contribution < 1.29 is 19.1 Å². The molecule has 2 N–H and O–H groups in total. The smallest absolute Gasteiger partial charge is 0.249 e. The molecular formula is C24H22ClN3O4. The van der Waals surface area contributed by atoms with E-state index in [0.717, 1.165) is 5.56 Å². The van der Waals surface area contributed by atoms with Crippen LogP contribution in [0.1, 0.15) is 17.5 Å². The first-order valence-corrected chi connectivity index (χ1v) is 10.1. The van der Waals surface area contributed by atoms with Crippen LogP contribution in [0.15, 0.2) is 77.9 Å². The number of benzene rings is 3. The van der Waals surface area contributed by atoms with Gasteiger partial charge >= 0.3 is 0 Å². The van der Waals surface area contributed by atoms with Crippen molar-refractivity contribution in [3.63, 3.8) is 0 Å². The molecule has 0 fully saturated rings. The topological polar surface area (TPSA) is 89.0 Å². The number of carbonyl (C=O) groups is 2. The van der Waals surface area contributed by atoms with Gasteiger partial charge in [-0.05, 0) is 42.0 Å². The summed E-state index contributed by atoms with van der Waals surface area (Å²) in [5, 5.41) is 7.24. The largest absolute Gasteiger partial charge is 0.495 e. The second-order valence-electron chi connectivity index (χ2n) is 6.67. The number of anilines is 1. The Kier molecular flexibility index (Phi) is 8.22. The van der Waals surface area contributed by atoms with Gasteiger partial charge in [-0.15, -0.1) is 0 Å². The highest BCUT2D eigenvalue weighted by atomic mass is 35.5. The number of hydrogen-bond acceptors (Lipinski definition) is 5. The number of nitrogens with one attached hydrogen (secondary N) is 2. The fourth-order valence-electron chi connectivity index (χ4n) is 2.76. The van der Waals surface area contributed by atoms with Crippen molar-refractivity contribution in [2.24, 2.45) is 5.10 Å². The summed E-state index contributed by atoms with van der Waals surface area (Å²) in [5.74, 6) is 0.0889. The zero-order valence-corrected chi connectivity index (χ0v) is 18.1. The van der Waals surface area contributed by atoms with Gasteiger partial charge in [0.1, 0.15) is 24.5 Å². The van der Waals surface area contributed by atoms with E-state index >= 15 is 0 Å². The molecule has 2 amide bonds. The number of methoxy groups -OCH3 is 1. The Morgan fingerprint density at radius 2 is 1.62 bits per heavy atom. The Labute approximate surface area is 191 Å². The molecule has 0 spiro atoms. The number of hydrazone groups is 1. The van der Waals surface area contributed by atoms with Crippen molar-refractivity contribution in [3.8, 4) is 11.5 Å². The summed E-state index contributed by atoms with van der Waals surface area (Å²) < 4.78 is 11.0. The second-order valence-corrected chi connectivity index (χ2v) is 7.11. The first-order valence-electron chi connectivity index (χ1n) is 9.76. The number of rotatable bonds is 9. The van der Waals surface area contributed by atoms with Crippen LogP contribution in [0.5, 0.6) is 11.5 Å². The maximum atomic E-state index is 12.1. The van der Waals surface area contributed by atoms with Gasteiger partial charge in [0.15, 0.2) is 0 Å². The molecule has 164 valence electrons. The van der Waals surface area contributed by atoms with Crippen LogP contribution in [0.4, 0.5) is 5.69 Å². The SMILES string of the molecule is COc1ccccc1NC(=O)CC(=O)NN=Cc1ccccc1OCc1ccc(Cl)cc1. The minimum atomic E-state index is -0.548. The zero-order chi connectivity index (χ0) is 22.8. The van der Waals surface area contributed by atoms with Crippen LogP contribution >= 0.6 is 11.6 Å². The second kappa shape index (κ2) is 11.5. The molecule has 3 rings (SSSR count). The van der Waals surface area contributed by atoms with Crippen LogP contribution in [0.3, 0.4) is 0 Å². The molecule has 0 aliphatic rings. The normalized spacial score (nSPS) is 10.6. The molecule has 0 unspecified atom stereocenters. The monoisotopic (exact) mass is 451 g/mol. The third-order valence-electron chi connectivity index (χ3n) is 4.32. The van der Waals surface area contributed by atoms with Gasteiger partial charge in [-0.1, -0.05) is 48.0 Å². The standard InChI is InChI=1S/C24H22ClN3O4/c1-31-22-9-5-3-7-20(22)27-23(29)14-24(30)28-26-15-18-6-2-4-8-21(18)32-16-17-10-12-19(25)13-11-17/h2-13,15H,14,16H2,1H3,(H,27,29)(H,28,30). The number of carbonyl (C=O) groups excluding carboxylic acids is 2. The number of para-hydroxylation sites is 3. The number of hydrogen-bond donors (Lipinski definition) is 2. The van der Waals surface area contributed by atoms with E-state index in [-0.39, 0.29) is 6.42 Å². The zero-order valence-electron chi connectivity index (χ0n) is 17.4. The Morgan fingerprint density at radius 3 is 2.38 bits per heavy atom. The molecule has 0 bridgehead atoms. The van der Waals surface area contributed by atoms with Crippen LogP contribution in [-0.4, -0.2) is 25.1 Å². The van der Waals surface area contributed by atoms with Crippen LogP contribution in [0, 0.1) is 0 Å². The molecule has 0 atom stereocenters. The predicted octanol–water partition coefficient (Wildman–Crippen LogP) is 4.41. The third-order valence-corrected chi connectivity index (χ3v) is 4.57. The molecule has 0 aromatic heterocycles. The van der Waals surface area contributed by atoms with Crippen molar-refractivity contribution in [1.29, 1.82) is 0 Å². The fraction of sp³-hybridized carbons (Fsp3) is 0.125. The summed E-state index contributed by atoms with van der Waals surface area (Å²) in [7, 11) is 1.50. The van der Waals surface area contributed by atoms with Crippen LogP contribution in [0.25, 0.3) is 0 Å². The molecule has 0 heterocycles. The molecule has 0 aliphatic carbocycles. The molecule has 3 aromatic rings. The summed E-state index contributed by atoms with van der Waals surface area (Å²) in [6, 6.07) is 21.6. The maximum Gasteiger partial charge on any atom is 0.249 e. The number of halogens is 1. The summed E-state index contributed by atoms with van der Waals surface area (Å²) >= 11 is 5.90. The van der Waals surface area contributed by atoms with Gasteiger partial charge in [0.05, 0.1) is 19.0 Å². The van der Waals surface area contributed by atoms with Crippen LogP contribution in [-0.2, 0) is 16.2 Å².